The molecule has 1 aliphatic rings. The van der Waals surface area contributed by atoms with Crippen molar-refractivity contribution in [2.45, 2.75) is 35.8 Å². The number of aryl methyl sites for hydroxylation is 1. The second-order valence-electron chi connectivity index (χ2n) is 7.25. The SMILES string of the molecule is CC(C#N)(C1CCc2c([nH]c3ccc(Cl)cc23)C1)S(=O)(=O)c1ccccc1. The maximum absolute atomic E-state index is 13.3. The number of rotatable bonds is 3. The summed E-state index contributed by atoms with van der Waals surface area (Å²) in [5.41, 5.74) is 3.18. The van der Waals surface area contributed by atoms with Crippen molar-refractivity contribution >= 4 is 32.3 Å². The number of H-pyrrole nitrogens is 1. The standard InChI is InChI=1S/C21H19ClN2O2S/c1-21(13-23,27(25,26)16-5-3-2-4-6-16)14-7-9-17-18-12-15(22)8-10-19(18)24-20(17)11-14/h2-6,8,10,12,14,24H,7,9,11H2,1H3. The average molecular weight is 399 g/mol. The van der Waals surface area contributed by atoms with E-state index in [0.717, 1.165) is 23.0 Å². The minimum absolute atomic E-state index is 0.197. The van der Waals surface area contributed by atoms with Gasteiger partial charge in [-0.1, -0.05) is 29.8 Å². The van der Waals surface area contributed by atoms with E-state index in [4.69, 9.17) is 11.6 Å². The van der Waals surface area contributed by atoms with E-state index in [1.165, 1.54) is 5.56 Å². The summed E-state index contributed by atoms with van der Waals surface area (Å²) in [6.07, 6.45) is 1.89. The van der Waals surface area contributed by atoms with Crippen LogP contribution in [0.3, 0.4) is 0 Å². The van der Waals surface area contributed by atoms with Gasteiger partial charge in [0.05, 0.1) is 11.0 Å². The van der Waals surface area contributed by atoms with Gasteiger partial charge in [0.25, 0.3) is 0 Å². The molecule has 27 heavy (non-hydrogen) atoms. The predicted molar refractivity (Wildman–Crippen MR) is 106 cm³/mol. The third kappa shape index (κ3) is 2.75. The van der Waals surface area contributed by atoms with Crippen LogP contribution in [0.2, 0.25) is 5.02 Å². The molecule has 0 amide bonds. The van der Waals surface area contributed by atoms with E-state index in [-0.39, 0.29) is 10.8 Å². The van der Waals surface area contributed by atoms with E-state index in [1.807, 2.05) is 18.2 Å². The van der Waals surface area contributed by atoms with Crippen LogP contribution in [-0.2, 0) is 22.7 Å². The van der Waals surface area contributed by atoms with Crippen molar-refractivity contribution in [3.63, 3.8) is 0 Å². The smallest absolute Gasteiger partial charge is 0.197 e. The Morgan fingerprint density at radius 2 is 1.96 bits per heavy atom. The molecule has 2 unspecified atom stereocenters. The van der Waals surface area contributed by atoms with Gasteiger partial charge in [-0.05, 0) is 68.0 Å². The zero-order valence-electron chi connectivity index (χ0n) is 14.9. The quantitative estimate of drug-likeness (QED) is 0.695. The highest BCUT2D eigenvalue weighted by atomic mass is 35.5. The van der Waals surface area contributed by atoms with Crippen LogP contribution in [0, 0.1) is 17.2 Å². The number of nitrogens with zero attached hydrogens (tertiary/aromatic N) is 1. The fourth-order valence-corrected chi connectivity index (χ4v) is 6.03. The molecule has 0 fully saturated rings. The number of aromatic amines is 1. The largest absolute Gasteiger partial charge is 0.358 e. The van der Waals surface area contributed by atoms with Crippen molar-refractivity contribution in [1.29, 1.82) is 5.26 Å². The molecular formula is C21H19ClN2O2S. The molecule has 1 N–H and O–H groups in total. The topological polar surface area (TPSA) is 73.7 Å². The number of nitriles is 1. The predicted octanol–water partition coefficient (Wildman–Crippen LogP) is 4.68. The monoisotopic (exact) mass is 398 g/mol. The minimum atomic E-state index is -3.79. The molecule has 138 valence electrons. The van der Waals surface area contributed by atoms with Gasteiger partial charge in [0, 0.05) is 21.6 Å². The summed E-state index contributed by atoms with van der Waals surface area (Å²) in [6, 6.07) is 16.1. The first-order valence-corrected chi connectivity index (χ1v) is 10.7. The Morgan fingerprint density at radius 3 is 2.67 bits per heavy atom. The molecular weight excluding hydrogens is 380 g/mol. The second-order valence-corrected chi connectivity index (χ2v) is 10.0. The van der Waals surface area contributed by atoms with Gasteiger partial charge in [0.2, 0.25) is 0 Å². The molecule has 0 radical (unpaired) electrons. The van der Waals surface area contributed by atoms with Crippen molar-refractivity contribution in [2.75, 3.05) is 0 Å². The van der Waals surface area contributed by atoms with Gasteiger partial charge in [0.1, 0.15) is 0 Å². The van der Waals surface area contributed by atoms with Gasteiger partial charge < -0.3 is 4.98 Å². The Bertz CT molecular complexity index is 1160. The number of sulfone groups is 1. The van der Waals surface area contributed by atoms with Gasteiger partial charge in [-0.25, -0.2) is 8.42 Å². The zero-order valence-corrected chi connectivity index (χ0v) is 16.4. The summed E-state index contributed by atoms with van der Waals surface area (Å²) in [5.74, 6) is -0.288. The second kappa shape index (κ2) is 6.40. The molecule has 0 aliphatic heterocycles. The number of benzene rings is 2. The van der Waals surface area contributed by atoms with Crippen LogP contribution in [0.1, 0.15) is 24.6 Å². The van der Waals surface area contributed by atoms with Gasteiger partial charge in [-0.3, -0.25) is 0 Å². The fraction of sp³-hybridized carbons (Fsp3) is 0.286. The Balaban J connectivity index is 1.75. The Labute approximate surface area is 163 Å². The lowest BCUT2D eigenvalue weighted by molar-refractivity contribution is 0.385. The molecule has 2 atom stereocenters. The molecule has 2 aromatic carbocycles. The van der Waals surface area contributed by atoms with Crippen LogP contribution in [0.5, 0.6) is 0 Å². The Hall–Kier alpha value is -2.29. The Morgan fingerprint density at radius 1 is 1.22 bits per heavy atom. The van der Waals surface area contributed by atoms with Crippen molar-refractivity contribution < 1.29 is 8.42 Å². The average Bonchev–Trinajstić information content (AvgIpc) is 3.04. The summed E-state index contributed by atoms with van der Waals surface area (Å²) in [7, 11) is -3.79. The summed E-state index contributed by atoms with van der Waals surface area (Å²) in [6.45, 7) is 1.56. The number of hydrogen-bond acceptors (Lipinski definition) is 3. The van der Waals surface area contributed by atoms with E-state index in [9.17, 15) is 13.7 Å². The fourth-order valence-electron chi connectivity index (χ4n) is 4.09. The lowest BCUT2D eigenvalue weighted by Crippen LogP contribution is -2.44. The highest BCUT2D eigenvalue weighted by Gasteiger charge is 2.48. The Kier molecular flexibility index (Phi) is 4.29. The number of fused-ring (bicyclic) bond motifs is 3. The molecule has 1 aromatic heterocycles. The molecule has 1 aliphatic carbocycles. The van der Waals surface area contributed by atoms with Crippen LogP contribution in [0.4, 0.5) is 0 Å². The zero-order chi connectivity index (χ0) is 19.2. The number of halogens is 1. The third-order valence-electron chi connectivity index (χ3n) is 5.76. The van der Waals surface area contributed by atoms with E-state index in [1.54, 1.807) is 37.3 Å². The van der Waals surface area contributed by atoms with Crippen LogP contribution in [-0.4, -0.2) is 18.1 Å². The van der Waals surface area contributed by atoms with Gasteiger partial charge in [0.15, 0.2) is 14.6 Å². The summed E-state index contributed by atoms with van der Waals surface area (Å²) < 4.78 is 25.0. The molecule has 1 heterocycles. The number of hydrogen-bond donors (Lipinski definition) is 1. The van der Waals surface area contributed by atoms with E-state index in [2.05, 4.69) is 11.1 Å². The first kappa shape index (κ1) is 18.1. The third-order valence-corrected chi connectivity index (χ3v) is 8.43. The van der Waals surface area contributed by atoms with Crippen molar-refractivity contribution in [1.82, 2.24) is 4.98 Å². The minimum Gasteiger partial charge on any atom is -0.358 e. The molecule has 0 saturated heterocycles. The van der Waals surface area contributed by atoms with Crippen LogP contribution < -0.4 is 0 Å². The van der Waals surface area contributed by atoms with Crippen molar-refractivity contribution in [3.8, 4) is 6.07 Å². The molecule has 4 nitrogen and oxygen atoms in total. The van der Waals surface area contributed by atoms with E-state index < -0.39 is 14.6 Å². The molecule has 0 spiro atoms. The van der Waals surface area contributed by atoms with Crippen molar-refractivity contribution in [3.05, 3.63) is 64.8 Å². The van der Waals surface area contributed by atoms with Crippen LogP contribution >= 0.6 is 11.6 Å². The highest BCUT2D eigenvalue weighted by molar-refractivity contribution is 7.93. The van der Waals surface area contributed by atoms with Gasteiger partial charge in [-0.15, -0.1) is 0 Å². The van der Waals surface area contributed by atoms with Crippen LogP contribution in [0.25, 0.3) is 10.9 Å². The van der Waals surface area contributed by atoms with Crippen LogP contribution in [0.15, 0.2) is 53.4 Å². The summed E-state index contributed by atoms with van der Waals surface area (Å²) >= 11 is 6.13. The first-order valence-electron chi connectivity index (χ1n) is 8.87. The van der Waals surface area contributed by atoms with Gasteiger partial charge in [-0.2, -0.15) is 5.26 Å². The lowest BCUT2D eigenvalue weighted by atomic mass is 9.79. The highest BCUT2D eigenvalue weighted by Crippen LogP contribution is 2.41. The van der Waals surface area contributed by atoms with E-state index in [0.29, 0.717) is 17.9 Å². The first-order chi connectivity index (χ1) is 12.9. The molecule has 6 heteroatoms. The van der Waals surface area contributed by atoms with Crippen molar-refractivity contribution in [2.24, 2.45) is 5.92 Å². The molecule has 4 rings (SSSR count). The normalized spacial score (nSPS) is 19.2. The number of nitrogens with one attached hydrogen (secondary N) is 1. The number of aromatic nitrogens is 1. The molecule has 0 saturated carbocycles. The van der Waals surface area contributed by atoms with Gasteiger partial charge >= 0.3 is 0 Å². The molecule has 0 bridgehead atoms. The molecule has 3 aromatic rings. The maximum atomic E-state index is 13.3. The summed E-state index contributed by atoms with van der Waals surface area (Å²) in [5, 5.41) is 11.7. The summed E-state index contributed by atoms with van der Waals surface area (Å²) in [4.78, 5) is 3.60. The lowest BCUT2D eigenvalue weighted by Gasteiger charge is -2.34. The maximum Gasteiger partial charge on any atom is 0.197 e. The van der Waals surface area contributed by atoms with E-state index >= 15 is 0 Å².